The largest absolute Gasteiger partial charge is 0.379 e. The molecule has 1 aliphatic heterocycles. The van der Waals surface area contributed by atoms with Crippen LogP contribution in [-0.2, 0) is 4.74 Å². The van der Waals surface area contributed by atoms with Crippen molar-refractivity contribution in [3.05, 3.63) is 0 Å². The minimum absolute atomic E-state index is 0.544. The van der Waals surface area contributed by atoms with Gasteiger partial charge in [0.25, 0.3) is 0 Å². The minimum Gasteiger partial charge on any atom is -0.379 e. The second-order valence-electron chi connectivity index (χ2n) is 5.14. The third-order valence-corrected chi connectivity index (χ3v) is 3.34. The molecule has 1 aliphatic rings. The molecule has 1 atom stereocenters. The quantitative estimate of drug-likeness (QED) is 0.620. The molecule has 4 nitrogen and oxygen atoms in total. The first-order chi connectivity index (χ1) is 8.24. The van der Waals surface area contributed by atoms with Gasteiger partial charge >= 0.3 is 0 Å². The zero-order valence-corrected chi connectivity index (χ0v) is 11.5. The summed E-state index contributed by atoms with van der Waals surface area (Å²) in [6.07, 6.45) is 3.90. The van der Waals surface area contributed by atoms with Gasteiger partial charge in [-0.1, -0.05) is 20.3 Å². The van der Waals surface area contributed by atoms with Gasteiger partial charge in [-0.25, -0.2) is 0 Å². The van der Waals surface area contributed by atoms with E-state index in [0.29, 0.717) is 12.1 Å². The zero-order valence-electron chi connectivity index (χ0n) is 11.5. The van der Waals surface area contributed by atoms with Gasteiger partial charge < -0.3 is 15.8 Å². The van der Waals surface area contributed by atoms with E-state index in [9.17, 15) is 0 Å². The van der Waals surface area contributed by atoms with Crippen LogP contribution in [0.5, 0.6) is 0 Å². The number of nitrogens with two attached hydrogens (primary N) is 1. The van der Waals surface area contributed by atoms with Gasteiger partial charge in [0.05, 0.1) is 13.2 Å². The van der Waals surface area contributed by atoms with Gasteiger partial charge in [0.2, 0.25) is 0 Å². The van der Waals surface area contributed by atoms with E-state index < -0.39 is 0 Å². The summed E-state index contributed by atoms with van der Waals surface area (Å²) in [5, 5.41) is 3.35. The van der Waals surface area contributed by atoms with Gasteiger partial charge in [0.15, 0.2) is 0 Å². The Morgan fingerprint density at radius 1 is 1.35 bits per heavy atom. The molecule has 0 radical (unpaired) electrons. The molecule has 0 saturated carbocycles. The molecule has 3 N–H and O–H groups in total. The Morgan fingerprint density at radius 3 is 2.88 bits per heavy atom. The first-order valence-electron chi connectivity index (χ1n) is 6.99. The fraction of sp³-hybridized carbons (Fsp3) is 1.00. The topological polar surface area (TPSA) is 50.5 Å². The van der Waals surface area contributed by atoms with Gasteiger partial charge in [-0.2, -0.15) is 0 Å². The minimum atomic E-state index is 0.544. The van der Waals surface area contributed by atoms with E-state index in [4.69, 9.17) is 10.5 Å². The average molecular weight is 243 g/mol. The molecule has 0 bridgehead atoms. The molecule has 0 aliphatic carbocycles. The molecule has 0 aromatic carbocycles. The molecule has 17 heavy (non-hydrogen) atoms. The van der Waals surface area contributed by atoms with Crippen molar-refractivity contribution in [2.24, 2.45) is 5.73 Å². The SMILES string of the molecule is CC(C)NCCOCCN1CCCCC1CN. The van der Waals surface area contributed by atoms with Gasteiger partial charge in [-0.15, -0.1) is 0 Å². The van der Waals surface area contributed by atoms with Crippen molar-refractivity contribution in [3.63, 3.8) is 0 Å². The number of rotatable bonds is 8. The van der Waals surface area contributed by atoms with Crippen LogP contribution < -0.4 is 11.1 Å². The first-order valence-corrected chi connectivity index (χ1v) is 6.99. The molecular weight excluding hydrogens is 214 g/mol. The highest BCUT2D eigenvalue weighted by atomic mass is 16.5. The van der Waals surface area contributed by atoms with E-state index in [1.165, 1.54) is 25.8 Å². The molecule has 102 valence electrons. The number of likely N-dealkylation sites (tertiary alicyclic amines) is 1. The second kappa shape index (κ2) is 8.86. The summed E-state index contributed by atoms with van der Waals surface area (Å²) in [6, 6.07) is 1.13. The summed E-state index contributed by atoms with van der Waals surface area (Å²) >= 11 is 0. The standard InChI is InChI=1S/C13H29N3O/c1-12(2)15-6-9-17-10-8-16-7-4-3-5-13(16)11-14/h12-13,15H,3-11,14H2,1-2H3. The van der Waals surface area contributed by atoms with Gasteiger partial charge in [0.1, 0.15) is 0 Å². The highest BCUT2D eigenvalue weighted by Crippen LogP contribution is 2.15. The summed E-state index contributed by atoms with van der Waals surface area (Å²) in [5.74, 6) is 0. The van der Waals surface area contributed by atoms with Gasteiger partial charge in [0, 0.05) is 31.7 Å². The smallest absolute Gasteiger partial charge is 0.0594 e. The van der Waals surface area contributed by atoms with Crippen molar-refractivity contribution in [2.75, 3.05) is 39.4 Å². The summed E-state index contributed by atoms with van der Waals surface area (Å²) in [7, 11) is 0. The lowest BCUT2D eigenvalue weighted by Crippen LogP contribution is -2.45. The summed E-state index contributed by atoms with van der Waals surface area (Å²) < 4.78 is 5.63. The number of nitrogens with one attached hydrogen (secondary N) is 1. The monoisotopic (exact) mass is 243 g/mol. The Bertz CT molecular complexity index is 188. The Hall–Kier alpha value is -0.160. The van der Waals surface area contributed by atoms with Crippen LogP contribution in [0.4, 0.5) is 0 Å². The molecule has 1 saturated heterocycles. The maximum absolute atomic E-state index is 5.79. The van der Waals surface area contributed by atoms with Crippen LogP contribution >= 0.6 is 0 Å². The first kappa shape index (κ1) is 14.9. The lowest BCUT2D eigenvalue weighted by molar-refractivity contribution is 0.0745. The van der Waals surface area contributed by atoms with Crippen LogP contribution in [0.2, 0.25) is 0 Å². The Kier molecular flexibility index (Phi) is 7.77. The van der Waals surface area contributed by atoms with Crippen LogP contribution in [0.25, 0.3) is 0 Å². The third-order valence-electron chi connectivity index (χ3n) is 3.34. The molecule has 0 aromatic heterocycles. The van der Waals surface area contributed by atoms with Crippen LogP contribution in [0.3, 0.4) is 0 Å². The summed E-state index contributed by atoms with van der Waals surface area (Å²) in [4.78, 5) is 2.49. The normalized spacial score (nSPS) is 22.2. The number of ether oxygens (including phenoxy) is 1. The molecule has 1 heterocycles. The van der Waals surface area contributed by atoms with Crippen LogP contribution in [0.1, 0.15) is 33.1 Å². The van der Waals surface area contributed by atoms with E-state index in [0.717, 1.165) is 32.8 Å². The van der Waals surface area contributed by atoms with E-state index >= 15 is 0 Å². The van der Waals surface area contributed by atoms with Gasteiger partial charge in [-0.3, -0.25) is 4.90 Å². The number of piperidine rings is 1. The van der Waals surface area contributed by atoms with Crippen molar-refractivity contribution in [2.45, 2.75) is 45.2 Å². The number of nitrogens with zero attached hydrogens (tertiary/aromatic N) is 1. The zero-order chi connectivity index (χ0) is 12.5. The lowest BCUT2D eigenvalue weighted by atomic mass is 10.0. The Morgan fingerprint density at radius 2 is 2.18 bits per heavy atom. The fourth-order valence-electron chi connectivity index (χ4n) is 2.32. The maximum atomic E-state index is 5.79. The predicted molar refractivity (Wildman–Crippen MR) is 72.2 cm³/mol. The van der Waals surface area contributed by atoms with Crippen molar-refractivity contribution < 1.29 is 4.74 Å². The average Bonchev–Trinajstić information content (AvgIpc) is 2.33. The number of hydrogen-bond donors (Lipinski definition) is 2. The van der Waals surface area contributed by atoms with Crippen molar-refractivity contribution >= 4 is 0 Å². The molecular formula is C13H29N3O. The highest BCUT2D eigenvalue weighted by molar-refractivity contribution is 4.77. The van der Waals surface area contributed by atoms with Crippen molar-refractivity contribution in [3.8, 4) is 0 Å². The van der Waals surface area contributed by atoms with Crippen LogP contribution in [0.15, 0.2) is 0 Å². The fourth-order valence-corrected chi connectivity index (χ4v) is 2.32. The van der Waals surface area contributed by atoms with Crippen molar-refractivity contribution in [1.29, 1.82) is 0 Å². The lowest BCUT2D eigenvalue weighted by Gasteiger charge is -2.34. The van der Waals surface area contributed by atoms with E-state index in [1.54, 1.807) is 0 Å². The van der Waals surface area contributed by atoms with Crippen molar-refractivity contribution in [1.82, 2.24) is 10.2 Å². The molecule has 1 fully saturated rings. The molecule has 1 unspecified atom stereocenters. The van der Waals surface area contributed by atoms with E-state index in [2.05, 4.69) is 24.1 Å². The number of hydrogen-bond acceptors (Lipinski definition) is 4. The predicted octanol–water partition coefficient (Wildman–Crippen LogP) is 0.814. The Labute approximate surface area is 106 Å². The van der Waals surface area contributed by atoms with E-state index in [1.807, 2.05) is 0 Å². The summed E-state index contributed by atoms with van der Waals surface area (Å²) in [5.41, 5.74) is 5.79. The second-order valence-corrected chi connectivity index (χ2v) is 5.14. The molecule has 4 heteroatoms. The summed E-state index contributed by atoms with van der Waals surface area (Å²) in [6.45, 7) is 9.89. The Balaban J connectivity index is 2.01. The van der Waals surface area contributed by atoms with E-state index in [-0.39, 0.29) is 0 Å². The molecule has 1 rings (SSSR count). The molecule has 0 amide bonds. The van der Waals surface area contributed by atoms with Gasteiger partial charge in [-0.05, 0) is 19.4 Å². The third kappa shape index (κ3) is 6.36. The van der Waals surface area contributed by atoms with Crippen LogP contribution in [0, 0.1) is 0 Å². The maximum Gasteiger partial charge on any atom is 0.0594 e. The molecule has 0 spiro atoms. The highest BCUT2D eigenvalue weighted by Gasteiger charge is 2.20. The van der Waals surface area contributed by atoms with Crippen LogP contribution in [-0.4, -0.2) is 56.4 Å². The molecule has 0 aromatic rings.